The lowest BCUT2D eigenvalue weighted by Crippen LogP contribution is -2.38. The van der Waals surface area contributed by atoms with Gasteiger partial charge in [-0.25, -0.2) is 4.39 Å². The fraction of sp³-hybridized carbons (Fsp3) is 0.258. The SMILES string of the molecule is Cc1ccc(C(=O)N2CCC(c3ccc(-c4cnn(C)c4)cc3)CC2)cc1CC(=O)c1ccc(F)cc1Cl. The van der Waals surface area contributed by atoms with Gasteiger partial charge in [-0.1, -0.05) is 41.9 Å². The number of Topliss-reactive ketones (excluding diaryl/α,β-unsaturated/α-hetero) is 1. The van der Waals surface area contributed by atoms with E-state index in [0.29, 0.717) is 24.6 Å². The molecule has 38 heavy (non-hydrogen) atoms. The molecule has 0 N–H and O–H groups in total. The van der Waals surface area contributed by atoms with E-state index < -0.39 is 5.82 Å². The monoisotopic (exact) mass is 529 g/mol. The number of hydrogen-bond acceptors (Lipinski definition) is 3. The molecule has 0 aliphatic carbocycles. The molecule has 7 heteroatoms. The summed E-state index contributed by atoms with van der Waals surface area (Å²) < 4.78 is 15.2. The van der Waals surface area contributed by atoms with Crippen molar-refractivity contribution < 1.29 is 14.0 Å². The van der Waals surface area contributed by atoms with E-state index in [2.05, 4.69) is 29.4 Å². The first-order chi connectivity index (χ1) is 18.3. The normalized spacial score (nSPS) is 14.1. The van der Waals surface area contributed by atoms with Crippen LogP contribution in [0.3, 0.4) is 0 Å². The number of likely N-dealkylation sites (tertiary alicyclic amines) is 1. The predicted octanol–water partition coefficient (Wildman–Crippen LogP) is 6.63. The van der Waals surface area contributed by atoms with Gasteiger partial charge in [0.25, 0.3) is 5.91 Å². The van der Waals surface area contributed by atoms with Crippen LogP contribution in [-0.2, 0) is 13.5 Å². The van der Waals surface area contributed by atoms with Crippen molar-refractivity contribution in [3.05, 3.63) is 112 Å². The lowest BCUT2D eigenvalue weighted by Gasteiger charge is -2.32. The minimum Gasteiger partial charge on any atom is -0.339 e. The largest absolute Gasteiger partial charge is 0.339 e. The molecule has 3 aromatic carbocycles. The Balaban J connectivity index is 1.22. The molecule has 4 aromatic rings. The molecule has 0 radical (unpaired) electrons. The van der Waals surface area contributed by atoms with Crippen molar-refractivity contribution >= 4 is 23.3 Å². The lowest BCUT2D eigenvalue weighted by molar-refractivity contribution is 0.0712. The number of carbonyl (C=O) groups is 2. The van der Waals surface area contributed by atoms with Crippen LogP contribution in [0.1, 0.15) is 56.2 Å². The van der Waals surface area contributed by atoms with E-state index in [0.717, 1.165) is 41.2 Å². The van der Waals surface area contributed by atoms with Gasteiger partial charge in [0.1, 0.15) is 5.82 Å². The van der Waals surface area contributed by atoms with Crippen molar-refractivity contribution in [1.29, 1.82) is 0 Å². The molecule has 5 rings (SSSR count). The molecule has 1 aromatic heterocycles. The van der Waals surface area contributed by atoms with Gasteiger partial charge in [0.2, 0.25) is 0 Å². The number of hydrogen-bond donors (Lipinski definition) is 0. The summed E-state index contributed by atoms with van der Waals surface area (Å²) in [6, 6.07) is 17.9. The van der Waals surface area contributed by atoms with Crippen molar-refractivity contribution in [1.82, 2.24) is 14.7 Å². The van der Waals surface area contributed by atoms with Gasteiger partial charge in [-0.15, -0.1) is 0 Å². The summed E-state index contributed by atoms with van der Waals surface area (Å²) in [6.07, 6.45) is 5.76. The Kier molecular flexibility index (Phi) is 7.43. The Bertz CT molecular complexity index is 1490. The Hall–Kier alpha value is -3.77. The van der Waals surface area contributed by atoms with Crippen LogP contribution in [0.5, 0.6) is 0 Å². The van der Waals surface area contributed by atoms with Gasteiger partial charge in [-0.3, -0.25) is 14.3 Å². The fourth-order valence-corrected chi connectivity index (χ4v) is 5.37. The van der Waals surface area contributed by atoms with Gasteiger partial charge in [-0.2, -0.15) is 5.10 Å². The smallest absolute Gasteiger partial charge is 0.253 e. The molecule has 2 heterocycles. The van der Waals surface area contributed by atoms with Crippen LogP contribution in [0.4, 0.5) is 4.39 Å². The second-order valence-corrected chi connectivity index (χ2v) is 10.4. The number of rotatable bonds is 6. The molecule has 1 saturated heterocycles. The third-order valence-corrected chi connectivity index (χ3v) is 7.69. The van der Waals surface area contributed by atoms with E-state index in [-0.39, 0.29) is 28.7 Å². The molecule has 1 aliphatic rings. The van der Waals surface area contributed by atoms with Crippen molar-refractivity contribution in [3.63, 3.8) is 0 Å². The third kappa shape index (κ3) is 5.55. The Labute approximate surface area is 226 Å². The molecule has 0 spiro atoms. The molecular formula is C31H29ClFN3O2. The van der Waals surface area contributed by atoms with E-state index in [9.17, 15) is 14.0 Å². The van der Waals surface area contributed by atoms with Crippen LogP contribution in [-0.4, -0.2) is 39.5 Å². The minimum absolute atomic E-state index is 0.0242. The molecule has 194 valence electrons. The fourth-order valence-electron chi connectivity index (χ4n) is 5.10. The van der Waals surface area contributed by atoms with E-state index in [1.54, 1.807) is 10.7 Å². The van der Waals surface area contributed by atoms with Crippen LogP contribution in [0.2, 0.25) is 5.02 Å². The molecule has 0 saturated carbocycles. The van der Waals surface area contributed by atoms with E-state index >= 15 is 0 Å². The Morgan fingerprint density at radius 1 is 1.00 bits per heavy atom. The summed E-state index contributed by atoms with van der Waals surface area (Å²) >= 11 is 6.08. The highest BCUT2D eigenvalue weighted by atomic mass is 35.5. The summed E-state index contributed by atoms with van der Waals surface area (Å²) in [5, 5.41) is 4.34. The van der Waals surface area contributed by atoms with Crippen LogP contribution < -0.4 is 0 Å². The molecule has 1 amide bonds. The molecule has 0 bridgehead atoms. The zero-order valence-corrected chi connectivity index (χ0v) is 22.2. The summed E-state index contributed by atoms with van der Waals surface area (Å²) in [6.45, 7) is 3.27. The Morgan fingerprint density at radius 2 is 1.74 bits per heavy atom. The number of aromatic nitrogens is 2. The van der Waals surface area contributed by atoms with Gasteiger partial charge in [-0.05, 0) is 78.3 Å². The van der Waals surface area contributed by atoms with Gasteiger partial charge in [0.05, 0.1) is 11.2 Å². The van der Waals surface area contributed by atoms with Crippen LogP contribution in [0, 0.1) is 12.7 Å². The third-order valence-electron chi connectivity index (χ3n) is 7.38. The highest BCUT2D eigenvalue weighted by molar-refractivity contribution is 6.34. The maximum Gasteiger partial charge on any atom is 0.253 e. The number of amides is 1. The number of nitrogens with zero attached hydrogens (tertiary/aromatic N) is 3. The second kappa shape index (κ2) is 10.9. The summed E-state index contributed by atoms with van der Waals surface area (Å²) in [4.78, 5) is 28.1. The standard InChI is InChI=1S/C31H29ClFN3O2/c1-20-3-4-24(15-25(20)16-30(37)28-10-9-27(33)17-29(28)32)31(38)36-13-11-23(12-14-36)21-5-7-22(8-6-21)26-18-34-35(2)19-26/h3-10,15,17-19,23H,11-14,16H2,1-2H3. The number of piperidine rings is 1. The van der Waals surface area contributed by atoms with Gasteiger partial charge >= 0.3 is 0 Å². The van der Waals surface area contributed by atoms with Crippen LogP contribution in [0.25, 0.3) is 11.1 Å². The summed E-state index contributed by atoms with van der Waals surface area (Å²) in [7, 11) is 1.91. The van der Waals surface area contributed by atoms with E-state index in [4.69, 9.17) is 11.6 Å². The highest BCUT2D eigenvalue weighted by Gasteiger charge is 2.25. The molecule has 0 unspecified atom stereocenters. The van der Waals surface area contributed by atoms with E-state index in [1.807, 2.05) is 43.4 Å². The quantitative estimate of drug-likeness (QED) is 0.263. The number of aryl methyl sites for hydroxylation is 2. The molecule has 5 nitrogen and oxygen atoms in total. The summed E-state index contributed by atoms with van der Waals surface area (Å²) in [5.41, 5.74) is 6.07. The number of ketones is 1. The zero-order valence-electron chi connectivity index (χ0n) is 21.5. The van der Waals surface area contributed by atoms with Gasteiger partial charge in [0.15, 0.2) is 5.78 Å². The van der Waals surface area contributed by atoms with Crippen molar-refractivity contribution in [2.45, 2.75) is 32.1 Å². The summed E-state index contributed by atoms with van der Waals surface area (Å²) in [5.74, 6) is -0.309. The number of halogens is 2. The lowest BCUT2D eigenvalue weighted by atomic mass is 9.88. The van der Waals surface area contributed by atoms with Gasteiger partial charge < -0.3 is 4.90 Å². The topological polar surface area (TPSA) is 55.2 Å². The number of benzene rings is 3. The first-order valence-electron chi connectivity index (χ1n) is 12.7. The van der Waals surface area contributed by atoms with Crippen LogP contribution in [0.15, 0.2) is 73.1 Å². The van der Waals surface area contributed by atoms with E-state index in [1.165, 1.54) is 17.7 Å². The second-order valence-electron chi connectivity index (χ2n) is 9.96. The van der Waals surface area contributed by atoms with Gasteiger partial charge in [0, 0.05) is 49.4 Å². The molecule has 0 atom stereocenters. The predicted molar refractivity (Wildman–Crippen MR) is 147 cm³/mol. The van der Waals surface area contributed by atoms with Crippen molar-refractivity contribution in [2.24, 2.45) is 7.05 Å². The first-order valence-corrected chi connectivity index (χ1v) is 13.1. The maximum absolute atomic E-state index is 13.4. The Morgan fingerprint density at radius 3 is 2.39 bits per heavy atom. The average molecular weight is 530 g/mol. The average Bonchev–Trinajstić information content (AvgIpc) is 3.36. The molecular weight excluding hydrogens is 501 g/mol. The van der Waals surface area contributed by atoms with Crippen molar-refractivity contribution in [3.8, 4) is 11.1 Å². The maximum atomic E-state index is 13.4. The van der Waals surface area contributed by atoms with Crippen LogP contribution >= 0.6 is 11.6 Å². The first kappa shape index (κ1) is 25.9. The number of carbonyl (C=O) groups excluding carboxylic acids is 2. The molecule has 1 fully saturated rings. The molecule has 1 aliphatic heterocycles. The minimum atomic E-state index is -0.485. The highest BCUT2D eigenvalue weighted by Crippen LogP contribution is 2.31. The van der Waals surface area contributed by atoms with Crippen molar-refractivity contribution in [2.75, 3.05) is 13.1 Å². The zero-order chi connectivity index (χ0) is 26.8.